The molecule has 0 atom stereocenters. The number of anilines is 1. The molecule has 1 heterocycles. The Labute approximate surface area is 207 Å². The van der Waals surface area contributed by atoms with Gasteiger partial charge in [0.25, 0.3) is 0 Å². The summed E-state index contributed by atoms with van der Waals surface area (Å²) in [4.78, 5) is 21.1. The lowest BCUT2D eigenvalue weighted by Gasteiger charge is -2.38. The third kappa shape index (κ3) is 6.91. The van der Waals surface area contributed by atoms with Gasteiger partial charge in [0.05, 0.1) is 26.5 Å². The third-order valence-corrected chi connectivity index (χ3v) is 5.27. The lowest BCUT2D eigenvalue weighted by Crippen LogP contribution is -2.53. The number of aliphatic imine (C=N–C) groups is 1. The topological polar surface area (TPSA) is 78.4 Å². The van der Waals surface area contributed by atoms with E-state index >= 15 is 0 Å². The van der Waals surface area contributed by atoms with Gasteiger partial charge in [-0.2, -0.15) is 0 Å². The average molecular weight is 553 g/mol. The van der Waals surface area contributed by atoms with Crippen molar-refractivity contribution in [3.8, 4) is 11.5 Å². The highest BCUT2D eigenvalue weighted by atomic mass is 127. The number of halogens is 1. The summed E-state index contributed by atoms with van der Waals surface area (Å²) in [6, 6.07) is 15.7. The summed E-state index contributed by atoms with van der Waals surface area (Å²) in [5, 5.41) is 6.09. The molecule has 2 N–H and O–H groups in total. The molecule has 0 saturated carbocycles. The van der Waals surface area contributed by atoms with E-state index in [0.717, 1.165) is 54.9 Å². The van der Waals surface area contributed by atoms with Crippen molar-refractivity contribution < 1.29 is 14.3 Å². The van der Waals surface area contributed by atoms with Crippen LogP contribution in [0.25, 0.3) is 0 Å². The minimum absolute atomic E-state index is 0. The van der Waals surface area contributed by atoms with Gasteiger partial charge in [-0.05, 0) is 29.8 Å². The first-order chi connectivity index (χ1) is 15.1. The number of methoxy groups -OCH3 is 2. The number of nitrogens with zero attached hydrogens (tertiary/aromatic N) is 3. The molecule has 0 aliphatic carbocycles. The number of ether oxygens (including phenoxy) is 2. The molecule has 3 rings (SSSR count). The predicted molar refractivity (Wildman–Crippen MR) is 138 cm³/mol. The zero-order chi connectivity index (χ0) is 22.1. The van der Waals surface area contributed by atoms with E-state index in [9.17, 15) is 4.79 Å². The Kier molecular flexibility index (Phi) is 10.4. The first-order valence-electron chi connectivity index (χ1n) is 10.4. The van der Waals surface area contributed by atoms with Crippen LogP contribution in [0.3, 0.4) is 0 Å². The number of carbonyl (C=O) groups is 1. The number of hydrogen-bond donors (Lipinski definition) is 2. The summed E-state index contributed by atoms with van der Waals surface area (Å²) < 4.78 is 10.6. The van der Waals surface area contributed by atoms with E-state index < -0.39 is 0 Å². The second-order valence-electron chi connectivity index (χ2n) is 7.17. The molecule has 1 saturated heterocycles. The molecular weight excluding hydrogens is 521 g/mol. The van der Waals surface area contributed by atoms with E-state index in [2.05, 4.69) is 31.5 Å². The van der Waals surface area contributed by atoms with Gasteiger partial charge in [-0.25, -0.2) is 0 Å². The van der Waals surface area contributed by atoms with Crippen molar-refractivity contribution in [1.29, 1.82) is 0 Å². The molecule has 1 aliphatic heterocycles. The number of hydrogen-bond acceptors (Lipinski definition) is 5. The summed E-state index contributed by atoms with van der Waals surface area (Å²) in [5.41, 5.74) is 2.12. The minimum Gasteiger partial charge on any atom is -0.497 e. The third-order valence-electron chi connectivity index (χ3n) is 5.27. The Bertz CT molecular complexity index is 883. The van der Waals surface area contributed by atoms with Gasteiger partial charge in [0.15, 0.2) is 5.96 Å². The molecule has 32 heavy (non-hydrogen) atoms. The standard InChI is InChI=1S/C23H31N5O3.HI/c1-24-23(26-17-22(29)25-16-18-8-10-19(30-2)11-9-18)28-14-12-27(13-15-28)20-6-4-5-7-21(20)31-3;/h4-11H,12-17H2,1-3H3,(H,24,26)(H,25,29);1H. The Morgan fingerprint density at radius 2 is 1.66 bits per heavy atom. The van der Waals surface area contributed by atoms with E-state index in [4.69, 9.17) is 9.47 Å². The highest BCUT2D eigenvalue weighted by Crippen LogP contribution is 2.28. The fourth-order valence-corrected chi connectivity index (χ4v) is 3.55. The quantitative estimate of drug-likeness (QED) is 0.312. The smallest absolute Gasteiger partial charge is 0.239 e. The molecule has 2 aromatic carbocycles. The van der Waals surface area contributed by atoms with Crippen molar-refractivity contribution in [3.63, 3.8) is 0 Å². The van der Waals surface area contributed by atoms with Crippen LogP contribution in [0, 0.1) is 0 Å². The Hall–Kier alpha value is -2.69. The molecule has 1 amide bonds. The lowest BCUT2D eigenvalue weighted by atomic mass is 10.2. The van der Waals surface area contributed by atoms with Gasteiger partial charge in [0, 0.05) is 39.8 Å². The molecule has 2 aromatic rings. The van der Waals surface area contributed by atoms with E-state index in [0.29, 0.717) is 6.54 Å². The minimum atomic E-state index is -0.0791. The lowest BCUT2D eigenvalue weighted by molar-refractivity contribution is -0.120. The van der Waals surface area contributed by atoms with E-state index in [-0.39, 0.29) is 36.4 Å². The summed E-state index contributed by atoms with van der Waals surface area (Å²) in [6.07, 6.45) is 0. The highest BCUT2D eigenvalue weighted by Gasteiger charge is 2.21. The Morgan fingerprint density at radius 1 is 0.969 bits per heavy atom. The van der Waals surface area contributed by atoms with Crippen LogP contribution in [-0.2, 0) is 11.3 Å². The average Bonchev–Trinajstić information content (AvgIpc) is 2.83. The zero-order valence-corrected chi connectivity index (χ0v) is 21.2. The number of rotatable bonds is 7. The van der Waals surface area contributed by atoms with E-state index in [1.165, 1.54) is 0 Å². The second kappa shape index (κ2) is 13.0. The van der Waals surface area contributed by atoms with Crippen LogP contribution < -0.4 is 25.0 Å². The number of para-hydroxylation sites is 2. The van der Waals surface area contributed by atoms with Gasteiger partial charge >= 0.3 is 0 Å². The van der Waals surface area contributed by atoms with Crippen LogP contribution in [0.5, 0.6) is 11.5 Å². The van der Waals surface area contributed by atoms with Crippen molar-refractivity contribution in [2.24, 2.45) is 4.99 Å². The number of nitrogens with one attached hydrogen (secondary N) is 2. The molecule has 0 spiro atoms. The first-order valence-corrected chi connectivity index (χ1v) is 10.4. The maximum absolute atomic E-state index is 12.3. The number of benzene rings is 2. The van der Waals surface area contributed by atoms with Crippen molar-refractivity contribution in [3.05, 3.63) is 54.1 Å². The van der Waals surface area contributed by atoms with Gasteiger partial charge in [-0.1, -0.05) is 24.3 Å². The van der Waals surface area contributed by atoms with Crippen LogP contribution in [0.2, 0.25) is 0 Å². The second-order valence-corrected chi connectivity index (χ2v) is 7.17. The van der Waals surface area contributed by atoms with Crippen LogP contribution in [0.4, 0.5) is 5.69 Å². The van der Waals surface area contributed by atoms with Crippen LogP contribution in [0.15, 0.2) is 53.5 Å². The summed E-state index contributed by atoms with van der Waals surface area (Å²) in [5.74, 6) is 2.34. The summed E-state index contributed by atoms with van der Waals surface area (Å²) in [7, 11) is 5.07. The number of carbonyl (C=O) groups excluding carboxylic acids is 1. The predicted octanol–water partition coefficient (Wildman–Crippen LogP) is 2.34. The first kappa shape index (κ1) is 25.6. The fraction of sp³-hybridized carbons (Fsp3) is 0.391. The van der Waals surface area contributed by atoms with Gasteiger partial charge in [-0.15, -0.1) is 24.0 Å². The number of amides is 1. The normalized spacial score (nSPS) is 13.8. The maximum Gasteiger partial charge on any atom is 0.239 e. The zero-order valence-electron chi connectivity index (χ0n) is 18.8. The molecule has 0 radical (unpaired) electrons. The van der Waals surface area contributed by atoms with Gasteiger partial charge in [-0.3, -0.25) is 9.79 Å². The van der Waals surface area contributed by atoms with Crippen LogP contribution in [-0.4, -0.2) is 70.8 Å². The Morgan fingerprint density at radius 3 is 2.28 bits per heavy atom. The summed E-state index contributed by atoms with van der Waals surface area (Å²) in [6.45, 7) is 3.97. The molecule has 1 fully saturated rings. The van der Waals surface area contributed by atoms with Gasteiger partial charge in [0.1, 0.15) is 11.5 Å². The number of guanidine groups is 1. The molecular formula is C23H32IN5O3. The molecule has 1 aliphatic rings. The monoisotopic (exact) mass is 553 g/mol. The molecule has 0 unspecified atom stereocenters. The van der Waals surface area contributed by atoms with Crippen molar-refractivity contribution in [2.45, 2.75) is 6.54 Å². The maximum atomic E-state index is 12.3. The van der Waals surface area contributed by atoms with E-state index in [1.807, 2.05) is 42.5 Å². The highest BCUT2D eigenvalue weighted by molar-refractivity contribution is 14.0. The van der Waals surface area contributed by atoms with Crippen LogP contribution >= 0.6 is 24.0 Å². The van der Waals surface area contributed by atoms with Gasteiger partial charge in [0.2, 0.25) is 5.91 Å². The molecule has 174 valence electrons. The van der Waals surface area contributed by atoms with Crippen molar-refractivity contribution in [1.82, 2.24) is 15.5 Å². The van der Waals surface area contributed by atoms with Crippen LogP contribution in [0.1, 0.15) is 5.56 Å². The number of piperazine rings is 1. The van der Waals surface area contributed by atoms with Gasteiger partial charge < -0.3 is 29.9 Å². The molecule has 0 bridgehead atoms. The van der Waals surface area contributed by atoms with Crippen molar-refractivity contribution >= 4 is 41.5 Å². The molecule has 9 heteroatoms. The largest absolute Gasteiger partial charge is 0.497 e. The summed E-state index contributed by atoms with van der Waals surface area (Å²) >= 11 is 0. The molecule has 8 nitrogen and oxygen atoms in total. The Balaban J connectivity index is 0.00000363. The van der Waals surface area contributed by atoms with Crippen molar-refractivity contribution in [2.75, 3.05) is 58.9 Å². The molecule has 0 aromatic heterocycles. The fourth-order valence-electron chi connectivity index (χ4n) is 3.55. The SMILES string of the molecule is CN=C(NCC(=O)NCc1ccc(OC)cc1)N1CCN(c2ccccc2OC)CC1.I. The van der Waals surface area contributed by atoms with E-state index in [1.54, 1.807) is 21.3 Å².